The van der Waals surface area contributed by atoms with Crippen LogP contribution in [0.15, 0.2) is 97.2 Å². The van der Waals surface area contributed by atoms with E-state index < -0.39 is 6.10 Å². The first-order chi connectivity index (χ1) is 40.0. The van der Waals surface area contributed by atoms with E-state index in [1.165, 1.54) is 180 Å². The summed E-state index contributed by atoms with van der Waals surface area (Å²) in [5, 5.41) is 0. The van der Waals surface area contributed by atoms with Gasteiger partial charge in [0.25, 0.3) is 0 Å². The zero-order chi connectivity index (χ0) is 58.5. The highest BCUT2D eigenvalue weighted by molar-refractivity contribution is 5.71. The molecule has 0 saturated heterocycles. The minimum Gasteiger partial charge on any atom is -0.462 e. The van der Waals surface area contributed by atoms with Gasteiger partial charge < -0.3 is 14.2 Å². The van der Waals surface area contributed by atoms with E-state index in [1.807, 2.05) is 0 Å². The Hall–Kier alpha value is -3.67. The third-order valence-corrected chi connectivity index (χ3v) is 15.1. The van der Waals surface area contributed by atoms with E-state index in [4.69, 9.17) is 14.2 Å². The lowest BCUT2D eigenvalue weighted by Gasteiger charge is -2.18. The summed E-state index contributed by atoms with van der Waals surface area (Å²) in [6, 6.07) is 0. The van der Waals surface area contributed by atoms with Gasteiger partial charge in [0, 0.05) is 19.3 Å². The molecule has 1 unspecified atom stereocenters. The zero-order valence-electron chi connectivity index (χ0n) is 53.5. The third kappa shape index (κ3) is 67.0. The van der Waals surface area contributed by atoms with Crippen LogP contribution in [0, 0.1) is 0 Å². The molecule has 0 aromatic heterocycles. The van der Waals surface area contributed by atoms with Gasteiger partial charge in [-0.1, -0.05) is 304 Å². The first kappa shape index (κ1) is 77.3. The van der Waals surface area contributed by atoms with Crippen LogP contribution in [0.3, 0.4) is 0 Å². The van der Waals surface area contributed by atoms with Gasteiger partial charge in [0.15, 0.2) is 6.10 Å². The molecule has 0 heterocycles. The van der Waals surface area contributed by atoms with E-state index in [1.54, 1.807) is 0 Å². The minimum absolute atomic E-state index is 0.0827. The molecular weight excluding hydrogens is 997 g/mol. The lowest BCUT2D eigenvalue weighted by atomic mass is 10.0. The van der Waals surface area contributed by atoms with Crippen molar-refractivity contribution in [2.24, 2.45) is 0 Å². The second-order valence-corrected chi connectivity index (χ2v) is 23.0. The normalized spacial score (nSPS) is 12.7. The lowest BCUT2D eigenvalue weighted by Crippen LogP contribution is -2.30. The van der Waals surface area contributed by atoms with Crippen molar-refractivity contribution in [3.05, 3.63) is 97.2 Å². The van der Waals surface area contributed by atoms with Crippen LogP contribution in [0.25, 0.3) is 0 Å². The second-order valence-electron chi connectivity index (χ2n) is 23.0. The maximum Gasteiger partial charge on any atom is 0.306 e. The van der Waals surface area contributed by atoms with Crippen LogP contribution in [-0.2, 0) is 28.6 Å². The van der Waals surface area contributed by atoms with Gasteiger partial charge in [-0.3, -0.25) is 14.4 Å². The molecule has 0 fully saturated rings. The molecule has 6 nitrogen and oxygen atoms in total. The van der Waals surface area contributed by atoms with Crippen LogP contribution in [0.4, 0.5) is 0 Å². The molecule has 0 rings (SSSR count). The van der Waals surface area contributed by atoms with E-state index in [0.29, 0.717) is 19.3 Å². The summed E-state index contributed by atoms with van der Waals surface area (Å²) in [6.45, 7) is 6.44. The Balaban J connectivity index is 4.33. The Bertz CT molecular complexity index is 1580. The monoisotopic (exact) mass is 1130 g/mol. The van der Waals surface area contributed by atoms with Crippen LogP contribution in [0.2, 0.25) is 0 Å². The van der Waals surface area contributed by atoms with Crippen LogP contribution in [0.5, 0.6) is 0 Å². The fraction of sp³-hybridized carbons (Fsp3) is 0.747. The largest absolute Gasteiger partial charge is 0.462 e. The molecule has 0 bridgehead atoms. The fourth-order valence-corrected chi connectivity index (χ4v) is 9.92. The summed E-state index contributed by atoms with van der Waals surface area (Å²) in [4.78, 5) is 38.4. The minimum atomic E-state index is -0.788. The van der Waals surface area contributed by atoms with Crippen LogP contribution in [-0.4, -0.2) is 37.2 Å². The maximum absolute atomic E-state index is 13.0. The highest BCUT2D eigenvalue weighted by Gasteiger charge is 2.19. The molecule has 0 radical (unpaired) electrons. The van der Waals surface area contributed by atoms with Crippen molar-refractivity contribution in [3.8, 4) is 0 Å². The predicted molar refractivity (Wildman–Crippen MR) is 353 cm³/mol. The van der Waals surface area contributed by atoms with Crippen molar-refractivity contribution in [2.75, 3.05) is 13.2 Å². The number of rotatable bonds is 63. The summed E-state index contributed by atoms with van der Waals surface area (Å²) < 4.78 is 17.0. The van der Waals surface area contributed by atoms with Crippen molar-refractivity contribution in [3.63, 3.8) is 0 Å². The van der Waals surface area contributed by atoms with Crippen molar-refractivity contribution >= 4 is 17.9 Å². The molecule has 1 atom stereocenters. The molecule has 0 aliphatic heterocycles. The Kier molecular flexibility index (Phi) is 65.7. The molecule has 6 heteroatoms. The van der Waals surface area contributed by atoms with Gasteiger partial charge in [-0.15, -0.1) is 0 Å². The zero-order valence-corrected chi connectivity index (χ0v) is 53.5. The number of ether oxygens (including phenoxy) is 3. The van der Waals surface area contributed by atoms with Crippen LogP contribution < -0.4 is 0 Å². The summed E-state index contributed by atoms with van der Waals surface area (Å²) in [5.74, 6) is -0.887. The van der Waals surface area contributed by atoms with Crippen molar-refractivity contribution in [1.82, 2.24) is 0 Å². The molecule has 81 heavy (non-hydrogen) atoms. The van der Waals surface area contributed by atoms with E-state index in [2.05, 4.69) is 118 Å². The molecule has 0 aliphatic carbocycles. The van der Waals surface area contributed by atoms with Crippen LogP contribution >= 0.6 is 0 Å². The van der Waals surface area contributed by atoms with Crippen molar-refractivity contribution in [1.29, 1.82) is 0 Å². The highest BCUT2D eigenvalue weighted by Crippen LogP contribution is 2.17. The summed E-state index contributed by atoms with van der Waals surface area (Å²) in [6.07, 6.45) is 92.9. The van der Waals surface area contributed by atoms with E-state index in [0.717, 1.165) is 122 Å². The topological polar surface area (TPSA) is 78.9 Å². The van der Waals surface area contributed by atoms with Gasteiger partial charge in [0.2, 0.25) is 0 Å². The van der Waals surface area contributed by atoms with Crippen LogP contribution in [0.1, 0.15) is 342 Å². The second kappa shape index (κ2) is 68.8. The van der Waals surface area contributed by atoms with Gasteiger partial charge in [0.05, 0.1) is 0 Å². The SMILES string of the molecule is CC/C=C\C/C=C\C/C=C\C/C=C\CCCCCCCCCCCCCCC(=O)OCC(COC(=O)CCCCCCC/C=C\C/C=C\C/C=C\CC)OC(=O)CCCCCCCCCCCCC/C=C\CCCCCCCCCC. The van der Waals surface area contributed by atoms with Gasteiger partial charge in [-0.2, -0.15) is 0 Å². The molecule has 0 spiro atoms. The molecule has 0 aromatic carbocycles. The number of carbonyl (C=O) groups excluding carboxylic acids is 3. The van der Waals surface area contributed by atoms with Gasteiger partial charge >= 0.3 is 17.9 Å². The maximum atomic E-state index is 13.0. The number of allylic oxidation sites excluding steroid dienone is 16. The van der Waals surface area contributed by atoms with E-state index in [9.17, 15) is 14.4 Å². The molecule has 0 amide bonds. The highest BCUT2D eigenvalue weighted by atomic mass is 16.6. The number of hydrogen-bond donors (Lipinski definition) is 0. The fourth-order valence-electron chi connectivity index (χ4n) is 9.92. The number of carbonyl (C=O) groups is 3. The predicted octanol–water partition coefficient (Wildman–Crippen LogP) is 24.0. The van der Waals surface area contributed by atoms with Crippen molar-refractivity contribution in [2.45, 2.75) is 348 Å². The van der Waals surface area contributed by atoms with Crippen molar-refractivity contribution < 1.29 is 28.6 Å². The van der Waals surface area contributed by atoms with E-state index in [-0.39, 0.29) is 31.1 Å². The number of hydrogen-bond acceptors (Lipinski definition) is 6. The Labute approximate surface area is 502 Å². The first-order valence-electron chi connectivity index (χ1n) is 34.7. The summed E-state index contributed by atoms with van der Waals surface area (Å²) in [5.41, 5.74) is 0. The molecule has 0 aromatic rings. The van der Waals surface area contributed by atoms with E-state index >= 15 is 0 Å². The molecule has 0 N–H and O–H groups in total. The Morgan fingerprint density at radius 2 is 0.481 bits per heavy atom. The first-order valence-corrected chi connectivity index (χ1v) is 34.7. The Morgan fingerprint density at radius 1 is 0.259 bits per heavy atom. The average Bonchev–Trinajstić information content (AvgIpc) is 3.47. The number of esters is 3. The lowest BCUT2D eigenvalue weighted by molar-refractivity contribution is -0.167. The van der Waals surface area contributed by atoms with Gasteiger partial charge in [0.1, 0.15) is 13.2 Å². The standard InChI is InChI=1S/C75H130O6/c1-4-7-10-13-16-19-22-25-28-30-32-34-36-37-39-40-42-44-47-50-53-56-59-62-65-68-74(77)80-71-72(70-79-73(76)67-64-61-58-55-52-49-46-27-24-21-18-15-12-9-6-3)81-75(78)69-66-63-60-57-54-51-48-45-43-41-38-35-33-31-29-26-23-20-17-14-11-8-5-2/h7,9-10,12,16,18-19,21,25,27-28,31-34,46,72H,4-6,8,11,13-15,17,20,22-24,26,29-30,35-45,47-71H2,1-3H3/b10-7-,12-9-,19-16-,21-18-,28-25-,33-31-,34-32-,46-27-. The van der Waals surface area contributed by atoms with Gasteiger partial charge in [-0.25, -0.2) is 0 Å². The summed E-state index contributed by atoms with van der Waals surface area (Å²) >= 11 is 0. The third-order valence-electron chi connectivity index (χ3n) is 15.1. The Morgan fingerprint density at radius 3 is 0.765 bits per heavy atom. The average molecular weight is 1130 g/mol. The van der Waals surface area contributed by atoms with Gasteiger partial charge in [-0.05, 0) is 116 Å². The quantitative estimate of drug-likeness (QED) is 0.0261. The molecular formula is C75H130O6. The molecule has 0 aliphatic rings. The summed E-state index contributed by atoms with van der Waals surface area (Å²) in [7, 11) is 0. The number of unbranched alkanes of at least 4 members (excludes halogenated alkanes) is 36. The smallest absolute Gasteiger partial charge is 0.306 e. The molecule has 0 saturated carbocycles. The molecule has 466 valence electrons.